The maximum absolute atomic E-state index is 12.4. The smallest absolute Gasteiger partial charge is 0.269 e. The lowest BCUT2D eigenvalue weighted by atomic mass is 10.1. The molecule has 4 N–H and O–H groups in total. The minimum atomic E-state index is -0.639. The van der Waals surface area contributed by atoms with Crippen LogP contribution < -0.4 is 26.1 Å². The molecule has 0 unspecified atom stereocenters. The standard InChI is InChI=1S/C24H22ClN3O5S/c1-32-21-12-17(6-11-20(21)33-13-22(26)29)24(31)28-27-23(30)16-4-2-15(3-5-16)14-34-19-9-7-18(25)8-10-19/h2-12H,13-14H2,1H3,(H2,26,29)(H,27,30)(H,28,31). The van der Waals surface area contributed by atoms with Crippen molar-refractivity contribution in [3.8, 4) is 11.5 Å². The third-order valence-electron chi connectivity index (χ3n) is 4.52. The van der Waals surface area contributed by atoms with Crippen molar-refractivity contribution in [2.24, 2.45) is 5.73 Å². The van der Waals surface area contributed by atoms with Gasteiger partial charge in [0.05, 0.1) is 7.11 Å². The van der Waals surface area contributed by atoms with Crippen molar-refractivity contribution in [3.05, 3.63) is 88.4 Å². The molecule has 3 aromatic carbocycles. The molecule has 0 atom stereocenters. The van der Waals surface area contributed by atoms with E-state index in [2.05, 4.69) is 10.9 Å². The van der Waals surface area contributed by atoms with Crippen LogP contribution >= 0.6 is 23.4 Å². The molecule has 0 aliphatic carbocycles. The van der Waals surface area contributed by atoms with E-state index in [1.54, 1.807) is 23.9 Å². The van der Waals surface area contributed by atoms with Crippen LogP contribution in [0.2, 0.25) is 5.02 Å². The van der Waals surface area contributed by atoms with Crippen molar-refractivity contribution in [2.45, 2.75) is 10.6 Å². The Bertz CT molecular complexity index is 1170. The highest BCUT2D eigenvalue weighted by Crippen LogP contribution is 2.28. The monoisotopic (exact) mass is 499 g/mol. The van der Waals surface area contributed by atoms with Gasteiger partial charge in [-0.05, 0) is 60.2 Å². The highest BCUT2D eigenvalue weighted by atomic mass is 35.5. The van der Waals surface area contributed by atoms with Gasteiger partial charge in [0.2, 0.25) is 0 Å². The number of primary amides is 1. The molecular weight excluding hydrogens is 478 g/mol. The van der Waals surface area contributed by atoms with Gasteiger partial charge in [-0.25, -0.2) is 0 Å². The van der Waals surface area contributed by atoms with Crippen LogP contribution in [0.5, 0.6) is 11.5 Å². The summed E-state index contributed by atoms with van der Waals surface area (Å²) >= 11 is 7.56. The van der Waals surface area contributed by atoms with E-state index in [1.165, 1.54) is 25.3 Å². The molecule has 0 heterocycles. The van der Waals surface area contributed by atoms with E-state index in [0.29, 0.717) is 10.6 Å². The molecule has 0 spiro atoms. The topological polar surface area (TPSA) is 120 Å². The summed E-state index contributed by atoms with van der Waals surface area (Å²) in [6, 6.07) is 19.0. The van der Waals surface area contributed by atoms with E-state index in [0.717, 1.165) is 16.2 Å². The van der Waals surface area contributed by atoms with Crippen LogP contribution in [0.4, 0.5) is 0 Å². The molecule has 3 aromatic rings. The minimum absolute atomic E-state index is 0.221. The Balaban J connectivity index is 1.53. The van der Waals surface area contributed by atoms with Crippen LogP contribution in [0.3, 0.4) is 0 Å². The first kappa shape index (κ1) is 24.9. The predicted molar refractivity (Wildman–Crippen MR) is 130 cm³/mol. The molecule has 176 valence electrons. The van der Waals surface area contributed by atoms with E-state index in [1.807, 2.05) is 36.4 Å². The van der Waals surface area contributed by atoms with Gasteiger partial charge in [-0.2, -0.15) is 0 Å². The van der Waals surface area contributed by atoms with Gasteiger partial charge in [-0.3, -0.25) is 25.2 Å². The lowest BCUT2D eigenvalue weighted by molar-refractivity contribution is -0.119. The molecule has 3 amide bonds. The Morgan fingerprint density at radius 2 is 1.50 bits per heavy atom. The van der Waals surface area contributed by atoms with Crippen LogP contribution in [0, 0.1) is 0 Å². The molecule has 0 aliphatic heterocycles. The van der Waals surface area contributed by atoms with Crippen molar-refractivity contribution in [1.82, 2.24) is 10.9 Å². The van der Waals surface area contributed by atoms with Gasteiger partial charge in [-0.15, -0.1) is 11.8 Å². The third-order valence-corrected chi connectivity index (χ3v) is 5.86. The number of amides is 3. The molecular formula is C24H22ClN3O5S. The van der Waals surface area contributed by atoms with E-state index >= 15 is 0 Å². The van der Waals surface area contributed by atoms with Gasteiger partial charge in [-0.1, -0.05) is 23.7 Å². The fourth-order valence-electron chi connectivity index (χ4n) is 2.78. The van der Waals surface area contributed by atoms with Gasteiger partial charge in [0.1, 0.15) is 0 Å². The Morgan fingerprint density at radius 1 is 0.882 bits per heavy atom. The number of ether oxygens (including phenoxy) is 2. The number of halogens is 1. The number of carbonyl (C=O) groups excluding carboxylic acids is 3. The number of benzene rings is 3. The van der Waals surface area contributed by atoms with Crippen molar-refractivity contribution in [1.29, 1.82) is 0 Å². The first-order valence-corrected chi connectivity index (χ1v) is 11.4. The first-order valence-electron chi connectivity index (χ1n) is 10.0. The second-order valence-electron chi connectivity index (χ2n) is 6.97. The highest BCUT2D eigenvalue weighted by molar-refractivity contribution is 7.98. The number of hydrogen-bond donors (Lipinski definition) is 3. The molecule has 0 aliphatic rings. The van der Waals surface area contributed by atoms with Crippen LogP contribution in [-0.4, -0.2) is 31.4 Å². The summed E-state index contributed by atoms with van der Waals surface area (Å²) in [5.41, 5.74) is 11.5. The molecule has 10 heteroatoms. The largest absolute Gasteiger partial charge is 0.493 e. The Hall–Kier alpha value is -3.69. The Labute approximate surface area is 205 Å². The summed E-state index contributed by atoms with van der Waals surface area (Å²) < 4.78 is 10.4. The van der Waals surface area contributed by atoms with Crippen LogP contribution in [0.1, 0.15) is 26.3 Å². The predicted octanol–water partition coefficient (Wildman–Crippen LogP) is 3.58. The third kappa shape index (κ3) is 7.16. The molecule has 0 bridgehead atoms. The van der Waals surface area contributed by atoms with Gasteiger partial charge in [0.15, 0.2) is 18.1 Å². The number of rotatable bonds is 9. The van der Waals surface area contributed by atoms with Crippen LogP contribution in [-0.2, 0) is 10.5 Å². The summed E-state index contributed by atoms with van der Waals surface area (Å²) in [5, 5.41) is 0.692. The van der Waals surface area contributed by atoms with E-state index in [-0.39, 0.29) is 23.7 Å². The van der Waals surface area contributed by atoms with Crippen LogP contribution in [0.15, 0.2) is 71.6 Å². The number of thioether (sulfide) groups is 1. The minimum Gasteiger partial charge on any atom is -0.493 e. The molecule has 3 rings (SSSR count). The molecule has 34 heavy (non-hydrogen) atoms. The normalized spacial score (nSPS) is 10.3. The average molecular weight is 500 g/mol. The summed E-state index contributed by atoms with van der Waals surface area (Å²) in [4.78, 5) is 36.8. The van der Waals surface area contributed by atoms with E-state index < -0.39 is 17.7 Å². The Morgan fingerprint density at radius 3 is 2.12 bits per heavy atom. The van der Waals surface area contributed by atoms with Gasteiger partial charge >= 0.3 is 0 Å². The van der Waals surface area contributed by atoms with Gasteiger partial charge in [0.25, 0.3) is 17.7 Å². The van der Waals surface area contributed by atoms with E-state index in [4.69, 9.17) is 26.8 Å². The quantitative estimate of drug-likeness (QED) is 0.306. The molecule has 0 aromatic heterocycles. The fourth-order valence-corrected chi connectivity index (χ4v) is 3.76. The zero-order chi connectivity index (χ0) is 24.5. The molecule has 0 saturated carbocycles. The van der Waals surface area contributed by atoms with Crippen molar-refractivity contribution in [3.63, 3.8) is 0 Å². The number of nitrogens with two attached hydrogens (primary N) is 1. The highest BCUT2D eigenvalue weighted by Gasteiger charge is 2.13. The van der Waals surface area contributed by atoms with Crippen molar-refractivity contribution in [2.75, 3.05) is 13.7 Å². The SMILES string of the molecule is COc1cc(C(=O)NNC(=O)c2ccc(CSc3ccc(Cl)cc3)cc2)ccc1OCC(N)=O. The second-order valence-corrected chi connectivity index (χ2v) is 8.45. The number of methoxy groups -OCH3 is 1. The van der Waals surface area contributed by atoms with Gasteiger partial charge in [0, 0.05) is 26.8 Å². The maximum Gasteiger partial charge on any atom is 0.269 e. The Kier molecular flexibility index (Phi) is 8.78. The number of carbonyl (C=O) groups is 3. The second kappa shape index (κ2) is 12.0. The van der Waals surface area contributed by atoms with Gasteiger partial charge < -0.3 is 15.2 Å². The number of nitrogens with one attached hydrogen (secondary N) is 2. The zero-order valence-corrected chi connectivity index (χ0v) is 19.7. The lowest BCUT2D eigenvalue weighted by Gasteiger charge is -2.12. The van der Waals surface area contributed by atoms with Crippen LogP contribution in [0.25, 0.3) is 0 Å². The summed E-state index contributed by atoms with van der Waals surface area (Å²) in [5.74, 6) is -0.410. The summed E-state index contributed by atoms with van der Waals surface area (Å²) in [6.07, 6.45) is 0. The molecule has 0 radical (unpaired) electrons. The van der Waals surface area contributed by atoms with Crippen molar-refractivity contribution >= 4 is 41.1 Å². The van der Waals surface area contributed by atoms with Crippen molar-refractivity contribution < 1.29 is 23.9 Å². The molecule has 0 fully saturated rings. The van der Waals surface area contributed by atoms with E-state index in [9.17, 15) is 14.4 Å². The number of hydrogen-bond acceptors (Lipinski definition) is 6. The first-order chi connectivity index (χ1) is 16.4. The summed E-state index contributed by atoms with van der Waals surface area (Å²) in [6.45, 7) is -0.323. The average Bonchev–Trinajstić information content (AvgIpc) is 2.85. The summed E-state index contributed by atoms with van der Waals surface area (Å²) in [7, 11) is 1.40. The number of hydrazine groups is 1. The fraction of sp³-hybridized carbons (Fsp3) is 0.125. The lowest BCUT2D eigenvalue weighted by Crippen LogP contribution is -2.41. The molecule has 8 nitrogen and oxygen atoms in total. The molecule has 0 saturated heterocycles. The zero-order valence-electron chi connectivity index (χ0n) is 18.2. The maximum atomic E-state index is 12.4.